The fraction of sp³-hybridized carbons (Fsp3) is 0.552. The molecule has 8 nitrogen and oxygen atoms in total. The molecule has 220 valence electrons. The van der Waals surface area contributed by atoms with Crippen molar-refractivity contribution >= 4 is 11.6 Å². The highest BCUT2D eigenvalue weighted by Gasteiger charge is 2.30. The highest BCUT2D eigenvalue weighted by Crippen LogP contribution is 2.34. The van der Waals surface area contributed by atoms with Crippen LogP contribution in [-0.2, 0) is 5.60 Å². The lowest BCUT2D eigenvalue weighted by Crippen LogP contribution is -2.46. The minimum atomic E-state index is -4.57. The summed E-state index contributed by atoms with van der Waals surface area (Å²) >= 11 is 0. The molecule has 0 spiro atoms. The monoisotopic (exact) mass is 564 g/mol. The summed E-state index contributed by atoms with van der Waals surface area (Å²) < 4.78 is 51.0. The molecule has 1 unspecified atom stereocenters. The number of carbonyl (C=O) groups excluding carboxylic acids is 1. The molecular formula is C29H39F3N4O4. The van der Waals surface area contributed by atoms with Gasteiger partial charge in [-0.15, -0.1) is 0 Å². The number of fused-ring (bicyclic) bond motifs is 1. The van der Waals surface area contributed by atoms with Crippen molar-refractivity contribution in [3.8, 4) is 17.4 Å². The van der Waals surface area contributed by atoms with E-state index in [-0.39, 0.29) is 40.1 Å². The minimum Gasteiger partial charge on any atom is -0.478 e. The van der Waals surface area contributed by atoms with Gasteiger partial charge >= 0.3 is 6.18 Å². The number of ether oxygens (including phenoxy) is 2. The Morgan fingerprint density at radius 2 is 1.82 bits per heavy atom. The van der Waals surface area contributed by atoms with Crippen LogP contribution < -0.4 is 14.8 Å². The number of rotatable bonds is 13. The lowest BCUT2D eigenvalue weighted by atomic mass is 9.89. The Morgan fingerprint density at radius 1 is 1.10 bits per heavy atom. The summed E-state index contributed by atoms with van der Waals surface area (Å²) in [6.45, 7) is 9.49. The second-order valence-electron chi connectivity index (χ2n) is 11.0. The van der Waals surface area contributed by atoms with Crippen molar-refractivity contribution in [2.24, 2.45) is 0 Å². The molecule has 0 radical (unpaired) electrons. The van der Waals surface area contributed by atoms with Gasteiger partial charge in [-0.3, -0.25) is 9.20 Å². The van der Waals surface area contributed by atoms with Crippen LogP contribution in [0.2, 0.25) is 0 Å². The Balaban J connectivity index is 1.88. The molecule has 0 saturated heterocycles. The maximum absolute atomic E-state index is 13.3. The zero-order chi connectivity index (χ0) is 29.7. The van der Waals surface area contributed by atoms with Gasteiger partial charge < -0.3 is 19.9 Å². The summed E-state index contributed by atoms with van der Waals surface area (Å²) in [5.41, 5.74) is -0.0447. The Bertz CT molecular complexity index is 1320. The normalized spacial score (nSPS) is 13.8. The van der Waals surface area contributed by atoms with E-state index in [0.29, 0.717) is 11.3 Å². The number of hydrogen-bond donors (Lipinski definition) is 2. The van der Waals surface area contributed by atoms with Gasteiger partial charge in [-0.05, 0) is 58.7 Å². The molecular weight excluding hydrogens is 525 g/mol. The SMILES string of the molecule is CCCCCC(C)(CCC)NC(=O)c1nc2ccc(Oc3ncc(C(C)(C)O)cc3OCC(F)(F)F)cn2c1C. The van der Waals surface area contributed by atoms with Gasteiger partial charge in [0.2, 0.25) is 0 Å². The van der Waals surface area contributed by atoms with E-state index < -0.39 is 18.4 Å². The van der Waals surface area contributed by atoms with Crippen LogP contribution in [-0.4, -0.2) is 43.7 Å². The first-order chi connectivity index (χ1) is 18.7. The zero-order valence-electron chi connectivity index (χ0n) is 24.0. The number of aliphatic hydroxyl groups is 1. The number of carbonyl (C=O) groups is 1. The quantitative estimate of drug-likeness (QED) is 0.220. The average molecular weight is 565 g/mol. The topological polar surface area (TPSA) is 98.0 Å². The van der Waals surface area contributed by atoms with Crippen LogP contribution in [0.25, 0.3) is 5.65 Å². The summed E-state index contributed by atoms with van der Waals surface area (Å²) in [6.07, 6.45) is 4.21. The standard InChI is InChI=1S/C29H39F3N4O4/c1-7-9-10-14-28(6,13-8-2)35-25(37)24-19(3)36-17-21(11-12-23(36)34-24)40-26-22(39-18-29(30,31)32)15-20(16-33-26)27(4,5)38/h11-12,15-17,38H,7-10,13-14,18H2,1-6H3,(H,35,37). The van der Waals surface area contributed by atoms with Crippen LogP contribution in [0.15, 0.2) is 30.6 Å². The average Bonchev–Trinajstić information content (AvgIpc) is 3.18. The highest BCUT2D eigenvalue weighted by atomic mass is 19.4. The van der Waals surface area contributed by atoms with Gasteiger partial charge in [0.25, 0.3) is 11.8 Å². The van der Waals surface area contributed by atoms with Crippen LogP contribution in [0.1, 0.15) is 94.9 Å². The summed E-state index contributed by atoms with van der Waals surface area (Å²) in [5.74, 6) is -0.481. The first-order valence-electron chi connectivity index (χ1n) is 13.6. The molecule has 3 aromatic heterocycles. The number of aromatic nitrogens is 3. The number of nitrogens with one attached hydrogen (secondary N) is 1. The molecule has 0 fully saturated rings. The molecule has 11 heteroatoms. The number of alkyl halides is 3. The second-order valence-corrected chi connectivity index (χ2v) is 11.0. The van der Waals surface area contributed by atoms with Crippen LogP contribution >= 0.6 is 0 Å². The first kappa shape index (κ1) is 31.2. The van der Waals surface area contributed by atoms with Crippen molar-refractivity contribution in [1.29, 1.82) is 0 Å². The summed E-state index contributed by atoms with van der Waals surface area (Å²) in [6, 6.07) is 4.49. The Labute approximate surface area is 232 Å². The fourth-order valence-electron chi connectivity index (χ4n) is 4.54. The van der Waals surface area contributed by atoms with E-state index in [9.17, 15) is 23.1 Å². The number of nitrogens with zero attached hydrogens (tertiary/aromatic N) is 3. The number of pyridine rings is 2. The van der Waals surface area contributed by atoms with Crippen LogP contribution in [0.4, 0.5) is 13.2 Å². The maximum atomic E-state index is 13.3. The molecule has 3 heterocycles. The van der Waals surface area contributed by atoms with E-state index in [4.69, 9.17) is 9.47 Å². The fourth-order valence-corrected chi connectivity index (χ4v) is 4.54. The van der Waals surface area contributed by atoms with Crippen molar-refractivity contribution in [2.45, 2.75) is 97.4 Å². The van der Waals surface area contributed by atoms with Crippen molar-refractivity contribution < 1.29 is 32.5 Å². The van der Waals surface area contributed by atoms with Crippen LogP contribution in [0.3, 0.4) is 0 Å². The molecule has 0 aliphatic rings. The Morgan fingerprint density at radius 3 is 2.45 bits per heavy atom. The molecule has 2 N–H and O–H groups in total. The second kappa shape index (κ2) is 12.4. The number of halogens is 3. The molecule has 0 bridgehead atoms. The predicted octanol–water partition coefficient (Wildman–Crippen LogP) is 6.87. The summed E-state index contributed by atoms with van der Waals surface area (Å²) in [4.78, 5) is 21.9. The predicted molar refractivity (Wildman–Crippen MR) is 146 cm³/mol. The van der Waals surface area contributed by atoms with Crippen molar-refractivity contribution in [3.63, 3.8) is 0 Å². The van der Waals surface area contributed by atoms with E-state index in [2.05, 4.69) is 36.1 Å². The third-order valence-electron chi connectivity index (χ3n) is 6.73. The number of amides is 1. The van der Waals surface area contributed by atoms with Gasteiger partial charge in [0.05, 0.1) is 17.5 Å². The van der Waals surface area contributed by atoms with Crippen molar-refractivity contribution in [2.75, 3.05) is 6.61 Å². The molecule has 0 saturated carbocycles. The first-order valence-corrected chi connectivity index (χ1v) is 13.6. The van der Waals surface area contributed by atoms with Gasteiger partial charge in [-0.1, -0.05) is 39.5 Å². The van der Waals surface area contributed by atoms with Crippen LogP contribution in [0, 0.1) is 6.92 Å². The van der Waals surface area contributed by atoms with E-state index in [1.807, 2.05) is 0 Å². The number of hydrogen-bond acceptors (Lipinski definition) is 6. The molecule has 3 rings (SSSR count). The van der Waals surface area contributed by atoms with E-state index >= 15 is 0 Å². The third-order valence-corrected chi connectivity index (χ3v) is 6.73. The van der Waals surface area contributed by atoms with Gasteiger partial charge in [0.1, 0.15) is 17.1 Å². The molecule has 40 heavy (non-hydrogen) atoms. The Kier molecular flexibility index (Phi) is 9.71. The molecule has 0 aliphatic heterocycles. The van der Waals surface area contributed by atoms with E-state index in [0.717, 1.165) is 38.5 Å². The summed E-state index contributed by atoms with van der Waals surface area (Å²) in [5, 5.41) is 13.5. The van der Waals surface area contributed by atoms with Gasteiger partial charge in [0, 0.05) is 17.3 Å². The van der Waals surface area contributed by atoms with Gasteiger partial charge in [-0.2, -0.15) is 13.2 Å². The smallest absolute Gasteiger partial charge is 0.422 e. The van der Waals surface area contributed by atoms with Crippen molar-refractivity contribution in [3.05, 3.63) is 47.5 Å². The molecule has 1 atom stereocenters. The lowest BCUT2D eigenvalue weighted by Gasteiger charge is -2.30. The number of imidazole rings is 1. The third kappa shape index (κ3) is 8.09. The lowest BCUT2D eigenvalue weighted by molar-refractivity contribution is -0.153. The maximum Gasteiger partial charge on any atom is 0.422 e. The Hall–Kier alpha value is -3.34. The van der Waals surface area contributed by atoms with E-state index in [1.54, 1.807) is 29.7 Å². The number of aryl methyl sites for hydroxylation is 1. The molecule has 3 aromatic rings. The largest absolute Gasteiger partial charge is 0.478 e. The zero-order valence-corrected chi connectivity index (χ0v) is 24.0. The molecule has 0 aromatic carbocycles. The van der Waals surface area contributed by atoms with E-state index in [1.165, 1.54) is 26.1 Å². The van der Waals surface area contributed by atoms with Gasteiger partial charge in [0.15, 0.2) is 12.4 Å². The van der Waals surface area contributed by atoms with Gasteiger partial charge in [-0.25, -0.2) is 9.97 Å². The minimum absolute atomic E-state index is 0.199. The summed E-state index contributed by atoms with van der Waals surface area (Å²) in [7, 11) is 0. The highest BCUT2D eigenvalue weighted by molar-refractivity contribution is 5.94. The molecule has 0 aliphatic carbocycles. The van der Waals surface area contributed by atoms with Crippen molar-refractivity contribution in [1.82, 2.24) is 19.7 Å². The molecule has 1 amide bonds. The number of unbranched alkanes of at least 4 members (excludes halogenated alkanes) is 2. The van der Waals surface area contributed by atoms with Crippen LogP contribution in [0.5, 0.6) is 17.4 Å².